The van der Waals surface area contributed by atoms with Crippen molar-refractivity contribution in [2.45, 2.75) is 37.5 Å². The van der Waals surface area contributed by atoms with Crippen molar-refractivity contribution in [2.24, 2.45) is 5.73 Å². The molecular formula is C15H21NO2. The largest absolute Gasteiger partial charge is 0.486 e. The smallest absolute Gasteiger partial charge is 0.165 e. The highest BCUT2D eigenvalue weighted by atomic mass is 16.6. The number of para-hydroxylation sites is 1. The number of nitrogens with two attached hydrogens (primary N) is 1. The summed E-state index contributed by atoms with van der Waals surface area (Å²) in [5.74, 6) is 1.83. The van der Waals surface area contributed by atoms with Crippen molar-refractivity contribution in [2.75, 3.05) is 19.8 Å². The number of hydrogen-bond acceptors (Lipinski definition) is 3. The Balaban J connectivity index is 2.04. The summed E-state index contributed by atoms with van der Waals surface area (Å²) in [6.45, 7) is 1.99. The standard InChI is InChI=1S/C15H21NO2/c16-11-15(7-2-1-3-8-15)12-5-4-6-13-14(12)18-10-9-17-13/h4-6H,1-3,7-11,16H2. The average Bonchev–Trinajstić information content (AvgIpc) is 2.47. The predicted octanol–water partition coefficient (Wildman–Crippen LogP) is 2.62. The molecule has 0 bridgehead atoms. The van der Waals surface area contributed by atoms with Gasteiger partial charge in [-0.3, -0.25) is 0 Å². The molecule has 3 heteroatoms. The normalized spacial score (nSPS) is 21.6. The van der Waals surface area contributed by atoms with Gasteiger partial charge in [0.2, 0.25) is 0 Å². The Hall–Kier alpha value is -1.22. The van der Waals surface area contributed by atoms with Crippen LogP contribution in [-0.4, -0.2) is 19.8 Å². The molecule has 1 saturated carbocycles. The van der Waals surface area contributed by atoms with Crippen molar-refractivity contribution in [1.29, 1.82) is 0 Å². The third kappa shape index (κ3) is 1.87. The van der Waals surface area contributed by atoms with Gasteiger partial charge in [0.15, 0.2) is 11.5 Å². The molecule has 1 heterocycles. The van der Waals surface area contributed by atoms with Crippen LogP contribution in [0.15, 0.2) is 18.2 Å². The van der Waals surface area contributed by atoms with E-state index in [0.717, 1.165) is 11.5 Å². The lowest BCUT2D eigenvalue weighted by Crippen LogP contribution is -2.38. The van der Waals surface area contributed by atoms with Gasteiger partial charge in [-0.2, -0.15) is 0 Å². The highest BCUT2D eigenvalue weighted by Crippen LogP contribution is 2.46. The van der Waals surface area contributed by atoms with Crippen LogP contribution in [0.5, 0.6) is 11.5 Å². The van der Waals surface area contributed by atoms with Gasteiger partial charge in [0, 0.05) is 17.5 Å². The van der Waals surface area contributed by atoms with Crippen molar-refractivity contribution in [3.8, 4) is 11.5 Å². The Morgan fingerprint density at radius 2 is 1.83 bits per heavy atom. The number of benzene rings is 1. The molecule has 18 heavy (non-hydrogen) atoms. The topological polar surface area (TPSA) is 44.5 Å². The SMILES string of the molecule is NCC1(c2cccc3c2OCCO3)CCCCC1. The molecule has 2 N–H and O–H groups in total. The molecule has 1 aliphatic heterocycles. The molecule has 1 aromatic rings. The molecule has 0 spiro atoms. The summed E-state index contributed by atoms with van der Waals surface area (Å²) < 4.78 is 11.5. The van der Waals surface area contributed by atoms with Gasteiger partial charge in [0.25, 0.3) is 0 Å². The second-order valence-corrected chi connectivity index (χ2v) is 5.37. The van der Waals surface area contributed by atoms with E-state index in [4.69, 9.17) is 15.2 Å². The van der Waals surface area contributed by atoms with Crippen LogP contribution in [0.1, 0.15) is 37.7 Å². The summed E-state index contributed by atoms with van der Waals surface area (Å²) in [5.41, 5.74) is 7.47. The number of ether oxygens (including phenoxy) is 2. The lowest BCUT2D eigenvalue weighted by Gasteiger charge is -2.38. The minimum Gasteiger partial charge on any atom is -0.486 e. The summed E-state index contributed by atoms with van der Waals surface area (Å²) in [6, 6.07) is 6.23. The van der Waals surface area contributed by atoms with Gasteiger partial charge < -0.3 is 15.2 Å². The molecule has 3 nitrogen and oxygen atoms in total. The van der Waals surface area contributed by atoms with Crippen molar-refractivity contribution >= 4 is 0 Å². The quantitative estimate of drug-likeness (QED) is 0.873. The summed E-state index contributed by atoms with van der Waals surface area (Å²) in [4.78, 5) is 0. The molecule has 0 amide bonds. The summed E-state index contributed by atoms with van der Waals surface area (Å²) in [5, 5.41) is 0. The van der Waals surface area contributed by atoms with Crippen molar-refractivity contribution in [3.63, 3.8) is 0 Å². The Morgan fingerprint density at radius 3 is 2.61 bits per heavy atom. The first-order valence-corrected chi connectivity index (χ1v) is 6.95. The highest BCUT2D eigenvalue weighted by molar-refractivity contribution is 5.51. The van der Waals surface area contributed by atoms with Crippen LogP contribution < -0.4 is 15.2 Å². The number of hydrogen-bond donors (Lipinski definition) is 1. The van der Waals surface area contributed by atoms with Gasteiger partial charge in [-0.05, 0) is 18.9 Å². The molecule has 1 aromatic carbocycles. The number of fused-ring (bicyclic) bond motifs is 1. The van der Waals surface area contributed by atoms with Crippen LogP contribution in [0, 0.1) is 0 Å². The predicted molar refractivity (Wildman–Crippen MR) is 71.2 cm³/mol. The van der Waals surface area contributed by atoms with E-state index in [9.17, 15) is 0 Å². The summed E-state index contributed by atoms with van der Waals surface area (Å²) in [7, 11) is 0. The molecular weight excluding hydrogens is 226 g/mol. The molecule has 0 aromatic heterocycles. The van der Waals surface area contributed by atoms with Gasteiger partial charge in [0.1, 0.15) is 13.2 Å². The van der Waals surface area contributed by atoms with E-state index in [1.165, 1.54) is 37.7 Å². The molecule has 1 fully saturated rings. The van der Waals surface area contributed by atoms with Gasteiger partial charge in [-0.1, -0.05) is 31.4 Å². The van der Waals surface area contributed by atoms with E-state index in [0.29, 0.717) is 19.8 Å². The molecule has 98 valence electrons. The third-order valence-corrected chi connectivity index (χ3v) is 4.34. The van der Waals surface area contributed by atoms with E-state index in [1.807, 2.05) is 6.07 Å². The Kier molecular flexibility index (Phi) is 3.16. The minimum absolute atomic E-state index is 0.101. The van der Waals surface area contributed by atoms with Crippen LogP contribution in [-0.2, 0) is 5.41 Å². The van der Waals surface area contributed by atoms with E-state index < -0.39 is 0 Å². The molecule has 0 saturated heterocycles. The highest BCUT2D eigenvalue weighted by Gasteiger charge is 2.36. The van der Waals surface area contributed by atoms with Crippen molar-refractivity contribution < 1.29 is 9.47 Å². The van der Waals surface area contributed by atoms with Crippen LogP contribution in [0.25, 0.3) is 0 Å². The van der Waals surface area contributed by atoms with Crippen LogP contribution >= 0.6 is 0 Å². The zero-order valence-corrected chi connectivity index (χ0v) is 10.8. The van der Waals surface area contributed by atoms with Crippen LogP contribution in [0.2, 0.25) is 0 Å². The molecule has 0 unspecified atom stereocenters. The second kappa shape index (κ2) is 4.81. The maximum Gasteiger partial charge on any atom is 0.165 e. The first kappa shape index (κ1) is 11.8. The van der Waals surface area contributed by atoms with Crippen LogP contribution in [0.4, 0.5) is 0 Å². The van der Waals surface area contributed by atoms with E-state index in [1.54, 1.807) is 0 Å². The minimum atomic E-state index is 0.101. The summed E-state index contributed by atoms with van der Waals surface area (Å²) >= 11 is 0. The van der Waals surface area contributed by atoms with Gasteiger partial charge in [0.05, 0.1) is 0 Å². The molecule has 0 atom stereocenters. The zero-order valence-electron chi connectivity index (χ0n) is 10.8. The van der Waals surface area contributed by atoms with E-state index in [2.05, 4.69) is 12.1 Å². The Labute approximate surface area is 108 Å². The number of rotatable bonds is 2. The van der Waals surface area contributed by atoms with Crippen molar-refractivity contribution in [1.82, 2.24) is 0 Å². The van der Waals surface area contributed by atoms with Crippen LogP contribution in [0.3, 0.4) is 0 Å². The maximum atomic E-state index is 6.11. The van der Waals surface area contributed by atoms with E-state index >= 15 is 0 Å². The Bertz CT molecular complexity index is 425. The fraction of sp³-hybridized carbons (Fsp3) is 0.600. The first-order valence-electron chi connectivity index (χ1n) is 6.95. The lowest BCUT2D eigenvalue weighted by atomic mass is 9.69. The van der Waals surface area contributed by atoms with Gasteiger partial charge in [-0.15, -0.1) is 0 Å². The lowest BCUT2D eigenvalue weighted by molar-refractivity contribution is 0.164. The second-order valence-electron chi connectivity index (χ2n) is 5.37. The fourth-order valence-corrected chi connectivity index (χ4v) is 3.30. The first-order chi connectivity index (χ1) is 8.86. The van der Waals surface area contributed by atoms with Gasteiger partial charge in [-0.25, -0.2) is 0 Å². The maximum absolute atomic E-state index is 6.11. The third-order valence-electron chi connectivity index (χ3n) is 4.34. The van der Waals surface area contributed by atoms with E-state index in [-0.39, 0.29) is 5.41 Å². The molecule has 2 aliphatic rings. The summed E-state index contributed by atoms with van der Waals surface area (Å²) in [6.07, 6.45) is 6.20. The average molecular weight is 247 g/mol. The van der Waals surface area contributed by atoms with Crippen molar-refractivity contribution in [3.05, 3.63) is 23.8 Å². The molecule has 3 rings (SSSR count). The zero-order chi connectivity index (χ0) is 12.4. The fourth-order valence-electron chi connectivity index (χ4n) is 3.30. The Morgan fingerprint density at radius 1 is 1.06 bits per heavy atom. The molecule has 1 aliphatic carbocycles. The molecule has 0 radical (unpaired) electrons. The van der Waals surface area contributed by atoms with Gasteiger partial charge >= 0.3 is 0 Å². The monoisotopic (exact) mass is 247 g/mol.